The molecule has 16 heavy (non-hydrogen) atoms. The SMILES string of the molecule is CCc1c(F)ccc2cc(O)cc(SC)c12. The third-order valence-corrected chi connectivity index (χ3v) is 3.45. The van der Waals surface area contributed by atoms with Crippen molar-refractivity contribution in [3.05, 3.63) is 35.6 Å². The molecule has 3 heteroatoms. The number of aromatic hydroxyl groups is 1. The molecule has 1 nitrogen and oxygen atoms in total. The highest BCUT2D eigenvalue weighted by atomic mass is 32.2. The van der Waals surface area contributed by atoms with Crippen LogP contribution in [-0.4, -0.2) is 11.4 Å². The van der Waals surface area contributed by atoms with Crippen LogP contribution in [0.5, 0.6) is 5.75 Å². The van der Waals surface area contributed by atoms with Gasteiger partial charge in [0.05, 0.1) is 0 Å². The number of phenolic OH excluding ortho intramolecular Hbond substituents is 1. The van der Waals surface area contributed by atoms with Crippen LogP contribution in [0.15, 0.2) is 29.2 Å². The van der Waals surface area contributed by atoms with Gasteiger partial charge in [-0.15, -0.1) is 11.8 Å². The summed E-state index contributed by atoms with van der Waals surface area (Å²) < 4.78 is 13.7. The fourth-order valence-corrected chi connectivity index (χ4v) is 2.65. The Morgan fingerprint density at radius 1 is 1.31 bits per heavy atom. The molecule has 0 unspecified atom stereocenters. The third-order valence-electron chi connectivity index (χ3n) is 2.69. The first-order valence-electron chi connectivity index (χ1n) is 5.15. The van der Waals surface area contributed by atoms with Gasteiger partial charge in [-0.25, -0.2) is 4.39 Å². The summed E-state index contributed by atoms with van der Waals surface area (Å²) in [5.41, 5.74) is 0.724. The van der Waals surface area contributed by atoms with E-state index in [1.54, 1.807) is 18.2 Å². The first-order chi connectivity index (χ1) is 7.67. The topological polar surface area (TPSA) is 20.2 Å². The van der Waals surface area contributed by atoms with Crippen molar-refractivity contribution in [1.82, 2.24) is 0 Å². The normalized spacial score (nSPS) is 10.9. The predicted octanol–water partition coefficient (Wildman–Crippen LogP) is 3.97. The first-order valence-corrected chi connectivity index (χ1v) is 6.38. The molecule has 2 aromatic carbocycles. The molecule has 0 saturated heterocycles. The van der Waals surface area contributed by atoms with Gasteiger partial charge in [0.1, 0.15) is 11.6 Å². The van der Waals surface area contributed by atoms with Crippen LogP contribution in [0.4, 0.5) is 4.39 Å². The smallest absolute Gasteiger partial charge is 0.127 e. The van der Waals surface area contributed by atoms with E-state index < -0.39 is 0 Å². The summed E-state index contributed by atoms with van der Waals surface area (Å²) >= 11 is 1.52. The lowest BCUT2D eigenvalue weighted by atomic mass is 10.0. The van der Waals surface area contributed by atoms with E-state index in [1.165, 1.54) is 17.8 Å². The molecule has 0 radical (unpaired) electrons. The number of fused-ring (bicyclic) bond motifs is 1. The number of thioether (sulfide) groups is 1. The molecular weight excluding hydrogens is 223 g/mol. The number of phenols is 1. The van der Waals surface area contributed by atoms with Crippen molar-refractivity contribution in [3.8, 4) is 5.75 Å². The van der Waals surface area contributed by atoms with Crippen LogP contribution >= 0.6 is 11.8 Å². The average Bonchev–Trinajstić information content (AvgIpc) is 2.28. The number of halogens is 1. The highest BCUT2D eigenvalue weighted by molar-refractivity contribution is 7.98. The Kier molecular flexibility index (Phi) is 3.06. The van der Waals surface area contributed by atoms with E-state index in [9.17, 15) is 9.50 Å². The summed E-state index contributed by atoms with van der Waals surface area (Å²) in [4.78, 5) is 0.923. The highest BCUT2D eigenvalue weighted by Crippen LogP contribution is 2.34. The van der Waals surface area contributed by atoms with Gasteiger partial charge in [0.15, 0.2) is 0 Å². The van der Waals surface area contributed by atoms with Crippen molar-refractivity contribution in [2.75, 3.05) is 6.26 Å². The Labute approximate surface area is 98.3 Å². The summed E-state index contributed by atoms with van der Waals surface area (Å²) in [6.45, 7) is 1.94. The Hall–Kier alpha value is -1.22. The van der Waals surface area contributed by atoms with Crippen LogP contribution in [0.1, 0.15) is 12.5 Å². The highest BCUT2D eigenvalue weighted by Gasteiger charge is 2.10. The zero-order valence-electron chi connectivity index (χ0n) is 9.25. The molecule has 0 bridgehead atoms. The molecule has 2 rings (SSSR count). The minimum atomic E-state index is -0.170. The number of benzene rings is 2. The number of rotatable bonds is 2. The lowest BCUT2D eigenvalue weighted by molar-refractivity contribution is 0.475. The van der Waals surface area contributed by atoms with E-state index in [-0.39, 0.29) is 11.6 Å². The van der Waals surface area contributed by atoms with E-state index >= 15 is 0 Å². The molecule has 0 aliphatic rings. The summed E-state index contributed by atoms with van der Waals surface area (Å²) in [5.74, 6) is 0.0569. The first kappa shape index (κ1) is 11.3. The molecule has 0 aromatic heterocycles. The molecule has 0 spiro atoms. The van der Waals surface area contributed by atoms with Crippen molar-refractivity contribution in [2.45, 2.75) is 18.2 Å². The zero-order valence-corrected chi connectivity index (χ0v) is 10.1. The number of hydrogen-bond donors (Lipinski definition) is 1. The van der Waals surface area contributed by atoms with Crippen molar-refractivity contribution in [2.24, 2.45) is 0 Å². The van der Waals surface area contributed by atoms with Crippen molar-refractivity contribution in [3.63, 3.8) is 0 Å². The standard InChI is InChI=1S/C13H13FOS/c1-3-10-11(14)5-4-8-6-9(15)7-12(16-2)13(8)10/h4-7,15H,3H2,1-2H3. The summed E-state index contributed by atoms with van der Waals surface area (Å²) in [5, 5.41) is 11.4. The molecule has 0 atom stereocenters. The quantitative estimate of drug-likeness (QED) is 0.796. The minimum Gasteiger partial charge on any atom is -0.508 e. The third kappa shape index (κ3) is 1.76. The van der Waals surface area contributed by atoms with Gasteiger partial charge in [0.25, 0.3) is 0 Å². The maximum atomic E-state index is 13.7. The fraction of sp³-hybridized carbons (Fsp3) is 0.231. The van der Waals surface area contributed by atoms with Crippen LogP contribution in [0.25, 0.3) is 10.8 Å². The molecule has 0 heterocycles. The van der Waals surface area contributed by atoms with Crippen LogP contribution in [0, 0.1) is 5.82 Å². The van der Waals surface area contributed by atoms with Gasteiger partial charge in [0.2, 0.25) is 0 Å². The molecular formula is C13H13FOS. The maximum Gasteiger partial charge on any atom is 0.127 e. The second kappa shape index (κ2) is 4.34. The molecule has 0 amide bonds. The van der Waals surface area contributed by atoms with E-state index in [1.807, 2.05) is 13.2 Å². The fourth-order valence-electron chi connectivity index (χ4n) is 1.97. The van der Waals surface area contributed by atoms with Gasteiger partial charge in [0, 0.05) is 10.3 Å². The molecule has 84 valence electrons. The lowest BCUT2D eigenvalue weighted by Crippen LogP contribution is -1.91. The van der Waals surface area contributed by atoms with Gasteiger partial charge in [-0.3, -0.25) is 0 Å². The Morgan fingerprint density at radius 3 is 2.69 bits per heavy atom. The summed E-state index contributed by atoms with van der Waals surface area (Å²) in [6, 6.07) is 6.53. The second-order valence-corrected chi connectivity index (χ2v) is 4.47. The van der Waals surface area contributed by atoms with Crippen molar-refractivity contribution >= 4 is 22.5 Å². The van der Waals surface area contributed by atoms with Crippen LogP contribution < -0.4 is 0 Å². The van der Waals surface area contributed by atoms with Gasteiger partial charge in [-0.1, -0.05) is 13.0 Å². The Bertz CT molecular complexity index is 537. The van der Waals surface area contributed by atoms with Crippen LogP contribution in [0.3, 0.4) is 0 Å². The van der Waals surface area contributed by atoms with Gasteiger partial charge in [-0.2, -0.15) is 0 Å². The average molecular weight is 236 g/mol. The monoisotopic (exact) mass is 236 g/mol. The van der Waals surface area contributed by atoms with Crippen LogP contribution in [-0.2, 0) is 6.42 Å². The molecule has 1 N–H and O–H groups in total. The van der Waals surface area contributed by atoms with Gasteiger partial charge >= 0.3 is 0 Å². The summed E-state index contributed by atoms with van der Waals surface area (Å²) in [7, 11) is 0. The second-order valence-electron chi connectivity index (χ2n) is 3.63. The van der Waals surface area contributed by atoms with E-state index in [4.69, 9.17) is 0 Å². The van der Waals surface area contributed by atoms with E-state index in [0.717, 1.165) is 21.2 Å². The largest absolute Gasteiger partial charge is 0.508 e. The Morgan fingerprint density at radius 2 is 2.06 bits per heavy atom. The van der Waals surface area contributed by atoms with Crippen LogP contribution in [0.2, 0.25) is 0 Å². The molecule has 2 aromatic rings. The molecule has 0 aliphatic heterocycles. The molecule has 0 fully saturated rings. The van der Waals surface area contributed by atoms with Gasteiger partial charge in [-0.05, 0) is 41.8 Å². The van der Waals surface area contributed by atoms with E-state index in [2.05, 4.69) is 0 Å². The summed E-state index contributed by atoms with van der Waals surface area (Å²) in [6.07, 6.45) is 2.58. The number of hydrogen-bond acceptors (Lipinski definition) is 2. The molecule has 0 aliphatic carbocycles. The Balaban J connectivity index is 2.89. The zero-order chi connectivity index (χ0) is 11.7. The minimum absolute atomic E-state index is 0.170. The molecule has 0 saturated carbocycles. The lowest BCUT2D eigenvalue weighted by Gasteiger charge is -2.10. The predicted molar refractivity (Wildman–Crippen MR) is 66.7 cm³/mol. The maximum absolute atomic E-state index is 13.7. The van der Waals surface area contributed by atoms with Crippen molar-refractivity contribution < 1.29 is 9.50 Å². The number of aryl methyl sites for hydroxylation is 1. The van der Waals surface area contributed by atoms with Crippen molar-refractivity contribution in [1.29, 1.82) is 0 Å². The van der Waals surface area contributed by atoms with E-state index in [0.29, 0.717) is 6.42 Å². The van der Waals surface area contributed by atoms with Gasteiger partial charge < -0.3 is 5.11 Å².